The Bertz CT molecular complexity index is 756. The summed E-state index contributed by atoms with van der Waals surface area (Å²) in [4.78, 5) is 16.3. The van der Waals surface area contributed by atoms with Gasteiger partial charge in [-0.25, -0.2) is 4.98 Å². The summed E-state index contributed by atoms with van der Waals surface area (Å²) in [6, 6.07) is 3.83. The molecule has 0 atom stereocenters. The molecule has 0 aliphatic rings. The Labute approximate surface area is 116 Å². The Morgan fingerprint density at radius 2 is 2.15 bits per heavy atom. The van der Waals surface area contributed by atoms with Crippen LogP contribution in [0.5, 0.6) is 0 Å². The fraction of sp³-hybridized carbons (Fsp3) is 0.214. The fourth-order valence-electron chi connectivity index (χ4n) is 1.94. The number of carbonyl (C=O) groups excluding carboxylic acids is 1. The Morgan fingerprint density at radius 3 is 2.90 bits per heavy atom. The Kier molecular flexibility index (Phi) is 2.98. The highest BCUT2D eigenvalue weighted by atomic mass is 16.1. The minimum atomic E-state index is -0.163. The molecule has 0 saturated heterocycles. The summed E-state index contributed by atoms with van der Waals surface area (Å²) in [7, 11) is 0. The minimum absolute atomic E-state index is 0.163. The summed E-state index contributed by atoms with van der Waals surface area (Å²) in [5.74, 6) is -0.163. The Hall–Kier alpha value is -2.63. The van der Waals surface area contributed by atoms with Gasteiger partial charge in [-0.1, -0.05) is 0 Å². The molecule has 0 aliphatic heterocycles. The number of hydrogen-bond acceptors (Lipinski definition) is 3. The van der Waals surface area contributed by atoms with Crippen LogP contribution in [0.4, 0.5) is 5.69 Å². The largest absolute Gasteiger partial charge is 0.319 e. The summed E-state index contributed by atoms with van der Waals surface area (Å²) in [5.41, 5.74) is 2.08. The van der Waals surface area contributed by atoms with E-state index in [2.05, 4.69) is 15.4 Å². The van der Waals surface area contributed by atoms with Crippen LogP contribution < -0.4 is 5.32 Å². The molecule has 3 aromatic heterocycles. The average Bonchev–Trinajstić information content (AvgIpc) is 3.05. The molecule has 0 aromatic carbocycles. The number of fused-ring (bicyclic) bond motifs is 1. The number of imidazole rings is 1. The normalized spacial score (nSPS) is 11.2. The first-order chi connectivity index (χ1) is 9.63. The SMILES string of the molecule is CC(C)n1cc(NC(=O)c2ccc3nccn3c2)cn1. The van der Waals surface area contributed by atoms with Crippen molar-refractivity contribution in [3.05, 3.63) is 48.7 Å². The molecule has 20 heavy (non-hydrogen) atoms. The van der Waals surface area contributed by atoms with Crippen molar-refractivity contribution in [1.29, 1.82) is 0 Å². The number of rotatable bonds is 3. The summed E-state index contributed by atoms with van der Waals surface area (Å²) >= 11 is 0. The van der Waals surface area contributed by atoms with Gasteiger partial charge in [0.2, 0.25) is 0 Å². The quantitative estimate of drug-likeness (QED) is 0.794. The van der Waals surface area contributed by atoms with E-state index in [1.165, 1.54) is 0 Å². The van der Waals surface area contributed by atoms with Crippen LogP contribution in [0.25, 0.3) is 5.65 Å². The lowest BCUT2D eigenvalue weighted by molar-refractivity contribution is 0.102. The Morgan fingerprint density at radius 1 is 1.30 bits per heavy atom. The van der Waals surface area contributed by atoms with Gasteiger partial charge >= 0.3 is 0 Å². The lowest BCUT2D eigenvalue weighted by atomic mass is 10.2. The van der Waals surface area contributed by atoms with E-state index in [1.54, 1.807) is 29.3 Å². The predicted molar refractivity (Wildman–Crippen MR) is 75.8 cm³/mol. The van der Waals surface area contributed by atoms with Crippen molar-refractivity contribution in [2.45, 2.75) is 19.9 Å². The molecule has 0 aliphatic carbocycles. The van der Waals surface area contributed by atoms with E-state index in [1.807, 2.05) is 36.7 Å². The van der Waals surface area contributed by atoms with E-state index in [-0.39, 0.29) is 11.9 Å². The van der Waals surface area contributed by atoms with Crippen molar-refractivity contribution >= 4 is 17.2 Å². The first-order valence-corrected chi connectivity index (χ1v) is 6.42. The first kappa shape index (κ1) is 12.4. The third kappa shape index (κ3) is 2.27. The molecular formula is C14H15N5O. The van der Waals surface area contributed by atoms with Gasteiger partial charge in [0, 0.05) is 30.8 Å². The average molecular weight is 269 g/mol. The molecule has 0 spiro atoms. The number of amides is 1. The number of pyridine rings is 1. The lowest BCUT2D eigenvalue weighted by Gasteiger charge is -2.04. The van der Waals surface area contributed by atoms with Crippen LogP contribution in [-0.2, 0) is 0 Å². The van der Waals surface area contributed by atoms with E-state index in [0.717, 1.165) is 5.65 Å². The van der Waals surface area contributed by atoms with Crippen LogP contribution in [0.2, 0.25) is 0 Å². The molecule has 0 bridgehead atoms. The van der Waals surface area contributed by atoms with E-state index in [0.29, 0.717) is 11.3 Å². The van der Waals surface area contributed by atoms with Crippen molar-refractivity contribution < 1.29 is 4.79 Å². The third-order valence-corrected chi connectivity index (χ3v) is 3.04. The monoisotopic (exact) mass is 269 g/mol. The molecule has 0 fully saturated rings. The molecule has 3 aromatic rings. The summed E-state index contributed by atoms with van der Waals surface area (Å²) in [5, 5.41) is 7.03. The molecule has 102 valence electrons. The molecular weight excluding hydrogens is 254 g/mol. The number of nitrogens with one attached hydrogen (secondary N) is 1. The summed E-state index contributed by atoms with van der Waals surface area (Å²) < 4.78 is 3.61. The highest BCUT2D eigenvalue weighted by molar-refractivity contribution is 6.04. The molecule has 1 N–H and O–H groups in total. The van der Waals surface area contributed by atoms with Crippen molar-refractivity contribution in [3.63, 3.8) is 0 Å². The lowest BCUT2D eigenvalue weighted by Crippen LogP contribution is -2.12. The van der Waals surface area contributed by atoms with Gasteiger partial charge in [-0.15, -0.1) is 0 Å². The van der Waals surface area contributed by atoms with Gasteiger partial charge < -0.3 is 9.72 Å². The highest BCUT2D eigenvalue weighted by Crippen LogP contribution is 2.12. The van der Waals surface area contributed by atoms with Crippen LogP contribution in [0.1, 0.15) is 30.2 Å². The van der Waals surface area contributed by atoms with Gasteiger partial charge in [-0.2, -0.15) is 5.10 Å². The smallest absolute Gasteiger partial charge is 0.257 e. The second-order valence-corrected chi connectivity index (χ2v) is 4.87. The number of nitrogens with zero attached hydrogens (tertiary/aromatic N) is 4. The maximum atomic E-state index is 12.2. The van der Waals surface area contributed by atoms with Crippen molar-refractivity contribution in [2.24, 2.45) is 0 Å². The van der Waals surface area contributed by atoms with Crippen LogP contribution >= 0.6 is 0 Å². The molecule has 0 saturated carbocycles. The van der Waals surface area contributed by atoms with Crippen LogP contribution in [0.3, 0.4) is 0 Å². The first-order valence-electron chi connectivity index (χ1n) is 6.42. The zero-order chi connectivity index (χ0) is 14.1. The summed E-state index contributed by atoms with van der Waals surface area (Å²) in [6.45, 7) is 4.07. The van der Waals surface area contributed by atoms with Crippen molar-refractivity contribution in [2.75, 3.05) is 5.32 Å². The topological polar surface area (TPSA) is 64.2 Å². The molecule has 6 nitrogen and oxygen atoms in total. The van der Waals surface area contributed by atoms with Gasteiger partial charge in [0.25, 0.3) is 5.91 Å². The van der Waals surface area contributed by atoms with Gasteiger partial charge in [0.15, 0.2) is 0 Å². The fourth-order valence-corrected chi connectivity index (χ4v) is 1.94. The zero-order valence-corrected chi connectivity index (χ0v) is 11.3. The van der Waals surface area contributed by atoms with E-state index in [4.69, 9.17) is 0 Å². The zero-order valence-electron chi connectivity index (χ0n) is 11.3. The van der Waals surface area contributed by atoms with Gasteiger partial charge in [0.1, 0.15) is 5.65 Å². The molecule has 3 heterocycles. The van der Waals surface area contributed by atoms with E-state index in [9.17, 15) is 4.79 Å². The molecule has 6 heteroatoms. The maximum absolute atomic E-state index is 12.2. The van der Waals surface area contributed by atoms with Crippen LogP contribution in [0.15, 0.2) is 43.1 Å². The molecule has 1 amide bonds. The third-order valence-electron chi connectivity index (χ3n) is 3.04. The summed E-state index contributed by atoms with van der Waals surface area (Å²) in [6.07, 6.45) is 8.73. The molecule has 0 radical (unpaired) electrons. The number of aromatic nitrogens is 4. The molecule has 3 rings (SSSR count). The standard InChI is InChI=1S/C14H15N5O/c1-10(2)19-9-12(7-16-19)17-14(20)11-3-4-13-15-5-6-18(13)8-11/h3-10H,1-2H3,(H,17,20). The van der Waals surface area contributed by atoms with Gasteiger partial charge in [-0.3, -0.25) is 9.48 Å². The van der Waals surface area contributed by atoms with Crippen LogP contribution in [0, 0.1) is 0 Å². The van der Waals surface area contributed by atoms with Crippen molar-refractivity contribution in [3.8, 4) is 0 Å². The number of carbonyl (C=O) groups is 1. The second kappa shape index (κ2) is 4.80. The second-order valence-electron chi connectivity index (χ2n) is 4.87. The van der Waals surface area contributed by atoms with Crippen molar-refractivity contribution in [1.82, 2.24) is 19.2 Å². The molecule has 0 unspecified atom stereocenters. The van der Waals surface area contributed by atoms with E-state index < -0.39 is 0 Å². The maximum Gasteiger partial charge on any atom is 0.257 e. The number of anilines is 1. The van der Waals surface area contributed by atoms with Gasteiger partial charge in [0.05, 0.1) is 17.4 Å². The number of hydrogen-bond donors (Lipinski definition) is 1. The van der Waals surface area contributed by atoms with E-state index >= 15 is 0 Å². The highest BCUT2D eigenvalue weighted by Gasteiger charge is 2.09. The van der Waals surface area contributed by atoms with Gasteiger partial charge in [-0.05, 0) is 26.0 Å². The minimum Gasteiger partial charge on any atom is -0.319 e. The predicted octanol–water partition coefficient (Wildman–Crippen LogP) is 2.36. The van der Waals surface area contributed by atoms with Crippen LogP contribution in [-0.4, -0.2) is 25.1 Å². The Balaban J connectivity index is 1.80.